The molecular weight excluding hydrogens is 298 g/mol. The first kappa shape index (κ1) is 15.5. The molecule has 3 heteroatoms. The Morgan fingerprint density at radius 3 is 1.75 bits per heavy atom. The van der Waals surface area contributed by atoms with Gasteiger partial charge in [-0.2, -0.15) is 0 Å². The zero-order chi connectivity index (χ0) is 16.8. The molecular formula is C21H15NO2. The predicted octanol–water partition coefficient (Wildman–Crippen LogP) is 5.34. The molecule has 0 aromatic heterocycles. The summed E-state index contributed by atoms with van der Waals surface area (Å²) in [4.78, 5) is 10.3. The molecule has 3 aromatic rings. The van der Waals surface area contributed by atoms with E-state index in [1.54, 1.807) is 12.1 Å². The lowest BCUT2D eigenvalue weighted by Crippen LogP contribution is -1.87. The molecule has 3 nitrogen and oxygen atoms in total. The molecule has 0 saturated carbocycles. The molecule has 0 aliphatic rings. The van der Waals surface area contributed by atoms with Crippen LogP contribution in [-0.4, -0.2) is 4.92 Å². The van der Waals surface area contributed by atoms with Crippen LogP contribution in [0.2, 0.25) is 0 Å². The Labute approximate surface area is 140 Å². The van der Waals surface area contributed by atoms with Crippen molar-refractivity contribution in [3.05, 3.63) is 117 Å². The highest BCUT2D eigenvalue weighted by Gasteiger charge is 2.04. The lowest BCUT2D eigenvalue weighted by molar-refractivity contribution is -0.384. The summed E-state index contributed by atoms with van der Waals surface area (Å²) < 4.78 is 0. The minimum absolute atomic E-state index is 0.0856. The second-order valence-corrected chi connectivity index (χ2v) is 5.24. The lowest BCUT2D eigenvalue weighted by atomic mass is 9.98. The van der Waals surface area contributed by atoms with Crippen molar-refractivity contribution in [1.82, 2.24) is 0 Å². The molecule has 3 aromatic carbocycles. The van der Waals surface area contributed by atoms with Crippen LogP contribution in [0.4, 0.5) is 5.69 Å². The predicted molar refractivity (Wildman–Crippen MR) is 96.5 cm³/mol. The van der Waals surface area contributed by atoms with E-state index < -0.39 is 4.92 Å². The minimum Gasteiger partial charge on any atom is -0.258 e. The van der Waals surface area contributed by atoms with Crippen LogP contribution in [0, 0.1) is 10.1 Å². The second kappa shape index (κ2) is 7.23. The maximum atomic E-state index is 10.7. The quantitative estimate of drug-likeness (QED) is 0.371. The molecule has 0 heterocycles. The van der Waals surface area contributed by atoms with Gasteiger partial charge in [0.15, 0.2) is 0 Å². The average Bonchev–Trinajstić information content (AvgIpc) is 2.64. The second-order valence-electron chi connectivity index (χ2n) is 5.24. The Balaban J connectivity index is 2.05. The van der Waals surface area contributed by atoms with Crippen LogP contribution in [0.3, 0.4) is 0 Å². The van der Waals surface area contributed by atoms with Gasteiger partial charge in [-0.3, -0.25) is 10.1 Å². The van der Waals surface area contributed by atoms with Gasteiger partial charge in [-0.15, -0.1) is 5.73 Å². The highest BCUT2D eigenvalue weighted by Crippen LogP contribution is 2.22. The van der Waals surface area contributed by atoms with E-state index in [2.05, 4.69) is 5.73 Å². The van der Waals surface area contributed by atoms with Crippen molar-refractivity contribution < 1.29 is 4.92 Å². The maximum Gasteiger partial charge on any atom is 0.269 e. The SMILES string of the molecule is O=[N+]([O-])c1ccc(C=C=C(c2ccccc2)c2ccccc2)cc1. The topological polar surface area (TPSA) is 43.1 Å². The van der Waals surface area contributed by atoms with Crippen LogP contribution >= 0.6 is 0 Å². The Morgan fingerprint density at radius 1 is 0.792 bits per heavy atom. The molecule has 0 amide bonds. The van der Waals surface area contributed by atoms with Gasteiger partial charge >= 0.3 is 0 Å². The molecule has 0 radical (unpaired) electrons. The first-order valence-electron chi connectivity index (χ1n) is 7.56. The summed E-state index contributed by atoms with van der Waals surface area (Å²) in [6.45, 7) is 0. The normalized spacial score (nSPS) is 9.83. The molecule has 0 N–H and O–H groups in total. The summed E-state index contributed by atoms with van der Waals surface area (Å²) in [5.41, 5.74) is 7.41. The van der Waals surface area contributed by atoms with Crippen LogP contribution in [0.1, 0.15) is 16.7 Å². The van der Waals surface area contributed by atoms with Gasteiger partial charge in [0.1, 0.15) is 0 Å². The highest BCUT2D eigenvalue weighted by molar-refractivity contribution is 5.81. The molecule has 24 heavy (non-hydrogen) atoms. The number of hydrogen-bond acceptors (Lipinski definition) is 2. The Kier molecular flexibility index (Phi) is 4.66. The zero-order valence-electron chi connectivity index (χ0n) is 12.9. The standard InChI is InChI=1S/C21H15NO2/c23-22(24)20-14-11-17(12-15-20)13-16-21(18-7-3-1-4-8-18)19-9-5-2-6-10-19/h1-15H. The third kappa shape index (κ3) is 3.67. The first-order chi connectivity index (χ1) is 11.7. The molecule has 0 spiro atoms. The summed E-state index contributed by atoms with van der Waals surface area (Å²) in [7, 11) is 0. The largest absolute Gasteiger partial charge is 0.269 e. The van der Waals surface area contributed by atoms with E-state index in [1.807, 2.05) is 66.7 Å². The summed E-state index contributed by atoms with van der Waals surface area (Å²) in [5, 5.41) is 10.7. The Hall–Kier alpha value is -3.42. The molecule has 0 bridgehead atoms. The molecule has 0 aliphatic carbocycles. The number of nitro benzene ring substituents is 1. The van der Waals surface area contributed by atoms with Crippen molar-refractivity contribution in [3.8, 4) is 0 Å². The van der Waals surface area contributed by atoms with Crippen LogP contribution in [0.5, 0.6) is 0 Å². The number of nitrogens with zero attached hydrogens (tertiary/aromatic N) is 1. The smallest absolute Gasteiger partial charge is 0.258 e. The van der Waals surface area contributed by atoms with Gasteiger partial charge in [0.25, 0.3) is 5.69 Å². The summed E-state index contributed by atoms with van der Waals surface area (Å²) >= 11 is 0. The van der Waals surface area contributed by atoms with Gasteiger partial charge in [-0.05, 0) is 34.9 Å². The van der Waals surface area contributed by atoms with Gasteiger partial charge in [-0.25, -0.2) is 0 Å². The average molecular weight is 313 g/mol. The van der Waals surface area contributed by atoms with Crippen LogP contribution < -0.4 is 0 Å². The van der Waals surface area contributed by atoms with Gasteiger partial charge in [0.05, 0.1) is 4.92 Å². The van der Waals surface area contributed by atoms with Crippen molar-refractivity contribution in [2.45, 2.75) is 0 Å². The van der Waals surface area contributed by atoms with E-state index in [0.29, 0.717) is 0 Å². The third-order valence-corrected chi connectivity index (χ3v) is 3.61. The Bertz CT molecular complexity index is 850. The van der Waals surface area contributed by atoms with Crippen molar-refractivity contribution in [1.29, 1.82) is 0 Å². The van der Waals surface area contributed by atoms with Gasteiger partial charge in [0, 0.05) is 17.7 Å². The molecule has 0 unspecified atom stereocenters. The minimum atomic E-state index is -0.400. The van der Waals surface area contributed by atoms with E-state index in [1.165, 1.54) is 12.1 Å². The van der Waals surface area contributed by atoms with E-state index in [0.717, 1.165) is 22.3 Å². The van der Waals surface area contributed by atoms with E-state index in [9.17, 15) is 10.1 Å². The first-order valence-corrected chi connectivity index (χ1v) is 7.56. The fourth-order valence-electron chi connectivity index (χ4n) is 2.39. The fraction of sp³-hybridized carbons (Fsp3) is 0. The number of benzene rings is 3. The molecule has 3 rings (SSSR count). The number of rotatable bonds is 4. The van der Waals surface area contributed by atoms with Crippen molar-refractivity contribution in [3.63, 3.8) is 0 Å². The zero-order valence-corrected chi connectivity index (χ0v) is 12.9. The van der Waals surface area contributed by atoms with Gasteiger partial charge in [0.2, 0.25) is 0 Å². The van der Waals surface area contributed by atoms with Gasteiger partial charge < -0.3 is 0 Å². The fourth-order valence-corrected chi connectivity index (χ4v) is 2.39. The van der Waals surface area contributed by atoms with Crippen LogP contribution in [0.25, 0.3) is 11.6 Å². The van der Waals surface area contributed by atoms with Crippen molar-refractivity contribution in [2.75, 3.05) is 0 Å². The van der Waals surface area contributed by atoms with E-state index >= 15 is 0 Å². The molecule has 0 saturated heterocycles. The third-order valence-electron chi connectivity index (χ3n) is 3.61. The maximum absolute atomic E-state index is 10.7. The van der Waals surface area contributed by atoms with Crippen molar-refractivity contribution >= 4 is 17.3 Å². The summed E-state index contributed by atoms with van der Waals surface area (Å²) in [6.07, 6.45) is 1.85. The Morgan fingerprint density at radius 2 is 1.29 bits per heavy atom. The molecule has 0 aliphatic heterocycles. The number of nitro groups is 1. The van der Waals surface area contributed by atoms with E-state index in [4.69, 9.17) is 0 Å². The van der Waals surface area contributed by atoms with Crippen molar-refractivity contribution in [2.24, 2.45) is 0 Å². The number of hydrogen-bond donors (Lipinski definition) is 0. The van der Waals surface area contributed by atoms with Crippen LogP contribution in [-0.2, 0) is 0 Å². The van der Waals surface area contributed by atoms with Crippen LogP contribution in [0.15, 0.2) is 90.7 Å². The molecule has 116 valence electrons. The molecule has 0 fully saturated rings. The summed E-state index contributed by atoms with van der Waals surface area (Å²) in [5.74, 6) is 0. The van der Waals surface area contributed by atoms with Gasteiger partial charge in [-0.1, -0.05) is 60.7 Å². The summed E-state index contributed by atoms with van der Waals surface area (Å²) in [6, 6.07) is 26.5. The number of non-ortho nitro benzene ring substituents is 1. The van der Waals surface area contributed by atoms with E-state index in [-0.39, 0.29) is 5.69 Å². The molecule has 0 atom stereocenters. The highest BCUT2D eigenvalue weighted by atomic mass is 16.6. The monoisotopic (exact) mass is 313 g/mol. The lowest BCUT2D eigenvalue weighted by Gasteiger charge is -2.05.